The van der Waals surface area contributed by atoms with Crippen LogP contribution in [0.4, 0.5) is 10.8 Å². The number of thiazole rings is 1. The monoisotopic (exact) mass is 437 g/mol. The third-order valence-corrected chi connectivity index (χ3v) is 7.03. The number of benzene rings is 2. The van der Waals surface area contributed by atoms with Gasteiger partial charge in [-0.1, -0.05) is 35.1 Å². The summed E-state index contributed by atoms with van der Waals surface area (Å²) in [4.78, 5) is 26.0. The molecule has 11 heteroatoms. The van der Waals surface area contributed by atoms with Gasteiger partial charge in [-0.2, -0.15) is 0 Å². The lowest BCUT2D eigenvalue weighted by atomic mass is 10.1. The fraction of sp³-hybridized carbons (Fsp3) is 0.0588. The Balaban J connectivity index is 1.72. The molecule has 0 aliphatic rings. The van der Waals surface area contributed by atoms with Crippen LogP contribution in [0, 0.1) is 10.1 Å². The largest absolute Gasteiger partial charge is 0.302 e. The molecule has 0 fully saturated rings. The molecule has 3 aromatic rings. The van der Waals surface area contributed by atoms with Crippen molar-refractivity contribution in [2.45, 2.75) is 15.5 Å². The Morgan fingerprint density at radius 1 is 1.14 bits per heavy atom. The molecular formula is C17H12ClN3O5S2. The third-order valence-electron chi connectivity index (χ3n) is 3.63. The molecule has 3 rings (SSSR count). The second-order valence-corrected chi connectivity index (χ2v) is 9.23. The minimum absolute atomic E-state index is 0.0804. The number of anilines is 1. The molecule has 0 aliphatic carbocycles. The van der Waals surface area contributed by atoms with Crippen molar-refractivity contribution in [3.05, 3.63) is 75.4 Å². The van der Waals surface area contributed by atoms with Crippen LogP contribution < -0.4 is 5.32 Å². The van der Waals surface area contributed by atoms with Crippen molar-refractivity contribution in [1.82, 2.24) is 4.98 Å². The molecule has 1 aromatic heterocycles. The van der Waals surface area contributed by atoms with E-state index in [2.05, 4.69) is 10.3 Å². The second-order valence-electron chi connectivity index (χ2n) is 5.59. The molecule has 0 spiro atoms. The topological polar surface area (TPSA) is 119 Å². The molecule has 8 nitrogen and oxygen atoms in total. The molecule has 0 aliphatic heterocycles. The normalized spacial score (nSPS) is 11.2. The van der Waals surface area contributed by atoms with Crippen molar-refractivity contribution in [1.29, 1.82) is 0 Å². The van der Waals surface area contributed by atoms with E-state index in [9.17, 15) is 23.3 Å². The highest BCUT2D eigenvalue weighted by Gasteiger charge is 2.22. The number of halogens is 1. The molecular weight excluding hydrogens is 426 g/mol. The first-order chi connectivity index (χ1) is 13.3. The number of amides is 1. The Labute approximate surface area is 168 Å². The van der Waals surface area contributed by atoms with Crippen LogP contribution in [0.3, 0.4) is 0 Å². The number of non-ortho nitro benzene ring substituents is 1. The van der Waals surface area contributed by atoms with E-state index < -0.39 is 14.8 Å². The van der Waals surface area contributed by atoms with Crippen LogP contribution in [0.25, 0.3) is 0 Å². The lowest BCUT2D eigenvalue weighted by molar-refractivity contribution is -0.384. The number of nitrogens with one attached hydrogen (secondary N) is 1. The highest BCUT2D eigenvalue weighted by atomic mass is 35.5. The maximum Gasteiger partial charge on any atom is 0.269 e. The molecule has 2 aromatic carbocycles. The van der Waals surface area contributed by atoms with Gasteiger partial charge in [0.25, 0.3) is 5.69 Å². The van der Waals surface area contributed by atoms with Crippen molar-refractivity contribution in [2.75, 3.05) is 5.32 Å². The smallest absolute Gasteiger partial charge is 0.269 e. The van der Waals surface area contributed by atoms with Crippen molar-refractivity contribution >= 4 is 49.5 Å². The molecule has 1 N–H and O–H groups in total. The van der Waals surface area contributed by atoms with Crippen molar-refractivity contribution < 1.29 is 18.1 Å². The van der Waals surface area contributed by atoms with Crippen LogP contribution in [-0.4, -0.2) is 24.2 Å². The Morgan fingerprint density at radius 3 is 2.39 bits per heavy atom. The summed E-state index contributed by atoms with van der Waals surface area (Å²) in [5, 5.41) is 13.9. The second kappa shape index (κ2) is 8.05. The van der Waals surface area contributed by atoms with E-state index in [0.717, 1.165) is 47.4 Å². The average Bonchev–Trinajstić information content (AvgIpc) is 3.13. The zero-order valence-corrected chi connectivity index (χ0v) is 16.4. The van der Waals surface area contributed by atoms with Crippen molar-refractivity contribution in [2.24, 2.45) is 0 Å². The highest BCUT2D eigenvalue weighted by Crippen LogP contribution is 2.29. The first kappa shape index (κ1) is 19.9. The lowest BCUT2D eigenvalue weighted by Crippen LogP contribution is -2.14. The van der Waals surface area contributed by atoms with Crippen LogP contribution >= 0.6 is 22.9 Å². The maximum absolute atomic E-state index is 12.6. The number of rotatable bonds is 6. The van der Waals surface area contributed by atoms with E-state index in [4.69, 9.17) is 11.6 Å². The Bertz CT molecular complexity index is 1130. The van der Waals surface area contributed by atoms with Gasteiger partial charge >= 0.3 is 0 Å². The van der Waals surface area contributed by atoms with E-state index in [1.807, 2.05) is 0 Å². The van der Waals surface area contributed by atoms with Gasteiger partial charge in [0.2, 0.25) is 15.7 Å². The van der Waals surface area contributed by atoms with Gasteiger partial charge in [-0.25, -0.2) is 13.4 Å². The number of nitro benzene ring substituents is 1. The first-order valence-corrected chi connectivity index (χ1v) is 10.4. The van der Waals surface area contributed by atoms with E-state index in [1.165, 1.54) is 0 Å². The maximum atomic E-state index is 12.6. The summed E-state index contributed by atoms with van der Waals surface area (Å²) in [6.07, 6.45) is 1.22. The van der Waals surface area contributed by atoms with Gasteiger partial charge in [-0.3, -0.25) is 14.9 Å². The summed E-state index contributed by atoms with van der Waals surface area (Å²) in [6, 6.07) is 11.3. The third kappa shape index (κ3) is 4.53. The van der Waals surface area contributed by atoms with E-state index in [-0.39, 0.29) is 32.3 Å². The standard InChI is InChI=1S/C17H12ClN3O5S2/c18-12-3-1-11(2-4-12)9-15(22)20-17-19-10-16(27-17)28(25,26)14-7-5-13(6-8-14)21(23)24/h1-8,10H,9H2,(H,19,20,22). The summed E-state index contributed by atoms with van der Waals surface area (Å²) >= 11 is 6.60. The van der Waals surface area contributed by atoms with Gasteiger partial charge in [-0.15, -0.1) is 0 Å². The summed E-state index contributed by atoms with van der Waals surface area (Å²) in [7, 11) is -3.89. The summed E-state index contributed by atoms with van der Waals surface area (Å²) < 4.78 is 25.1. The zero-order chi connectivity index (χ0) is 20.3. The molecule has 28 heavy (non-hydrogen) atoms. The number of hydrogen-bond donors (Lipinski definition) is 1. The number of carbonyl (C=O) groups is 1. The van der Waals surface area contributed by atoms with Gasteiger partial charge in [-0.05, 0) is 29.8 Å². The van der Waals surface area contributed by atoms with Crippen molar-refractivity contribution in [3.63, 3.8) is 0 Å². The number of hydrogen-bond acceptors (Lipinski definition) is 7. The van der Waals surface area contributed by atoms with Crippen LogP contribution in [-0.2, 0) is 21.1 Å². The minimum atomic E-state index is -3.89. The van der Waals surface area contributed by atoms with E-state index in [0.29, 0.717) is 5.02 Å². The SMILES string of the molecule is O=C(Cc1ccc(Cl)cc1)Nc1ncc(S(=O)(=O)c2ccc([N+](=O)[O-])cc2)s1. The summed E-state index contributed by atoms with van der Waals surface area (Å²) in [5.74, 6) is -0.351. The number of sulfone groups is 1. The number of aromatic nitrogens is 1. The molecule has 0 saturated heterocycles. The number of nitrogens with zero attached hydrogens (tertiary/aromatic N) is 2. The summed E-state index contributed by atoms with van der Waals surface area (Å²) in [5.41, 5.74) is 0.538. The molecule has 0 saturated carbocycles. The fourth-order valence-corrected chi connectivity index (χ4v) is 4.83. The summed E-state index contributed by atoms with van der Waals surface area (Å²) in [6.45, 7) is 0. The molecule has 0 radical (unpaired) electrons. The van der Waals surface area contributed by atoms with Gasteiger partial charge in [0.15, 0.2) is 5.13 Å². The highest BCUT2D eigenvalue weighted by molar-refractivity contribution is 7.93. The van der Waals surface area contributed by atoms with Crippen molar-refractivity contribution in [3.8, 4) is 0 Å². The van der Waals surface area contributed by atoms with Crippen LogP contribution in [0.1, 0.15) is 5.56 Å². The Morgan fingerprint density at radius 2 is 1.79 bits per heavy atom. The van der Waals surface area contributed by atoms with Gasteiger partial charge < -0.3 is 5.32 Å². The molecule has 0 unspecified atom stereocenters. The quantitative estimate of drug-likeness (QED) is 0.463. The predicted molar refractivity (Wildman–Crippen MR) is 104 cm³/mol. The predicted octanol–water partition coefficient (Wildman–Crippen LogP) is 3.72. The fourth-order valence-electron chi connectivity index (χ4n) is 2.26. The van der Waals surface area contributed by atoms with Gasteiger partial charge in [0.1, 0.15) is 4.21 Å². The Kier molecular flexibility index (Phi) is 5.73. The van der Waals surface area contributed by atoms with E-state index in [1.54, 1.807) is 24.3 Å². The van der Waals surface area contributed by atoms with Gasteiger partial charge in [0.05, 0.1) is 22.4 Å². The van der Waals surface area contributed by atoms with E-state index >= 15 is 0 Å². The van der Waals surface area contributed by atoms with Crippen LogP contribution in [0.5, 0.6) is 0 Å². The number of carbonyl (C=O) groups excluding carboxylic acids is 1. The number of nitro groups is 1. The van der Waals surface area contributed by atoms with Gasteiger partial charge in [0, 0.05) is 17.2 Å². The first-order valence-electron chi connectivity index (χ1n) is 7.75. The average molecular weight is 438 g/mol. The minimum Gasteiger partial charge on any atom is -0.302 e. The molecule has 144 valence electrons. The Hall–Kier alpha value is -2.82. The zero-order valence-electron chi connectivity index (χ0n) is 14.0. The lowest BCUT2D eigenvalue weighted by Gasteiger charge is -2.02. The molecule has 0 atom stereocenters. The van der Waals surface area contributed by atoms with Crippen LogP contribution in [0.15, 0.2) is 63.8 Å². The van der Waals surface area contributed by atoms with Crippen LogP contribution in [0.2, 0.25) is 5.02 Å². The molecule has 1 heterocycles. The molecule has 0 bridgehead atoms. The molecule has 1 amide bonds.